The summed E-state index contributed by atoms with van der Waals surface area (Å²) in [5.41, 5.74) is 0. The number of rotatable bonds is 40. The monoisotopic (exact) mass is 805 g/mol. The second-order valence-electron chi connectivity index (χ2n) is 15.1. The molecule has 1 unspecified atom stereocenters. The summed E-state index contributed by atoms with van der Waals surface area (Å²) < 4.78 is 16.7. The molecule has 0 aliphatic heterocycles. The Kier molecular flexibility index (Phi) is 43.1. The lowest BCUT2D eigenvalue weighted by Gasteiger charge is -2.18. The number of carbonyl (C=O) groups excluding carboxylic acids is 3. The van der Waals surface area contributed by atoms with Crippen LogP contribution in [0.1, 0.15) is 194 Å². The summed E-state index contributed by atoms with van der Waals surface area (Å²) in [5, 5.41) is 0. The molecule has 0 N–H and O–H groups in total. The van der Waals surface area contributed by atoms with Crippen molar-refractivity contribution in [2.75, 3.05) is 13.2 Å². The van der Waals surface area contributed by atoms with Crippen molar-refractivity contribution in [1.29, 1.82) is 0 Å². The fourth-order valence-corrected chi connectivity index (χ4v) is 5.92. The highest BCUT2D eigenvalue weighted by Crippen LogP contribution is 2.12. The van der Waals surface area contributed by atoms with E-state index in [4.69, 9.17) is 14.2 Å². The van der Waals surface area contributed by atoms with E-state index < -0.39 is 6.10 Å². The predicted molar refractivity (Wildman–Crippen MR) is 247 cm³/mol. The summed E-state index contributed by atoms with van der Waals surface area (Å²) in [6.45, 7) is 6.35. The van der Waals surface area contributed by atoms with Gasteiger partial charge in [0.25, 0.3) is 0 Å². The number of carbonyl (C=O) groups is 3. The highest BCUT2D eigenvalue weighted by molar-refractivity contribution is 5.71. The molecule has 0 bridgehead atoms. The summed E-state index contributed by atoms with van der Waals surface area (Å²) >= 11 is 0. The van der Waals surface area contributed by atoms with Crippen molar-refractivity contribution in [2.24, 2.45) is 0 Å². The number of ether oxygens (including phenoxy) is 3. The topological polar surface area (TPSA) is 78.9 Å². The second kappa shape index (κ2) is 46.0. The van der Waals surface area contributed by atoms with Crippen molar-refractivity contribution in [2.45, 2.75) is 200 Å². The molecule has 1 atom stereocenters. The lowest BCUT2D eigenvalue weighted by atomic mass is 10.1. The molecule has 0 rings (SSSR count). The molecule has 0 aliphatic carbocycles. The third-order valence-electron chi connectivity index (χ3n) is 9.45. The number of esters is 3. The van der Waals surface area contributed by atoms with Crippen molar-refractivity contribution in [3.63, 3.8) is 0 Å². The molecule has 0 aromatic heterocycles. The highest BCUT2D eigenvalue weighted by Gasteiger charge is 2.19. The zero-order valence-electron chi connectivity index (χ0n) is 37.3. The zero-order valence-corrected chi connectivity index (χ0v) is 37.3. The third kappa shape index (κ3) is 43.5. The summed E-state index contributed by atoms with van der Waals surface area (Å²) in [4.78, 5) is 37.8. The van der Waals surface area contributed by atoms with Crippen LogP contribution in [0.5, 0.6) is 0 Å². The van der Waals surface area contributed by atoms with Crippen molar-refractivity contribution in [3.05, 3.63) is 97.2 Å². The summed E-state index contributed by atoms with van der Waals surface area (Å²) in [7, 11) is 0. The Hall–Kier alpha value is -3.67. The van der Waals surface area contributed by atoms with Gasteiger partial charge in [-0.2, -0.15) is 0 Å². The van der Waals surface area contributed by atoms with Gasteiger partial charge in [0, 0.05) is 19.3 Å². The Bertz CT molecular complexity index is 1200. The van der Waals surface area contributed by atoms with Gasteiger partial charge in [0.15, 0.2) is 6.10 Å². The first-order chi connectivity index (χ1) is 28.5. The Morgan fingerprint density at radius 1 is 0.362 bits per heavy atom. The Labute approximate surface area is 356 Å². The molecule has 0 spiro atoms. The van der Waals surface area contributed by atoms with E-state index in [1.807, 2.05) is 60.8 Å². The average Bonchev–Trinajstić information content (AvgIpc) is 3.22. The van der Waals surface area contributed by atoms with E-state index >= 15 is 0 Å². The van der Waals surface area contributed by atoms with Gasteiger partial charge in [0.1, 0.15) is 13.2 Å². The molecule has 0 amide bonds. The van der Waals surface area contributed by atoms with Crippen LogP contribution >= 0.6 is 0 Å². The molecule has 0 saturated carbocycles. The van der Waals surface area contributed by atoms with Gasteiger partial charge in [-0.1, -0.05) is 189 Å². The molecule has 0 radical (unpaired) electrons. The van der Waals surface area contributed by atoms with Crippen LogP contribution in [0.15, 0.2) is 97.2 Å². The molecule has 0 aromatic rings. The molecule has 0 heterocycles. The van der Waals surface area contributed by atoms with Crippen molar-refractivity contribution in [1.82, 2.24) is 0 Å². The standard InChI is InChI=1S/C52H84O6/c1-4-7-10-13-16-19-22-24-25-26-27-28-31-33-36-39-42-45-51(54)57-48-49(47-56-50(53)44-41-38-35-32-29-21-18-15-12-9-6-3)58-52(55)46-43-40-37-34-30-23-20-17-14-11-8-5-2/h7,10,13,15-20,22,24-28,31,49H,4-6,8-9,11-12,14,21,23,29-30,32-48H2,1-3H3/b10-7-,16-13-,18-15-,20-17-,22-19-,25-24-,27-26+,31-28-. The van der Waals surface area contributed by atoms with Crippen LogP contribution in [0.2, 0.25) is 0 Å². The first kappa shape index (κ1) is 54.3. The normalized spacial score (nSPS) is 12.9. The van der Waals surface area contributed by atoms with Crippen LogP contribution in [0.4, 0.5) is 0 Å². The number of hydrogen-bond acceptors (Lipinski definition) is 6. The van der Waals surface area contributed by atoms with Crippen LogP contribution in [-0.4, -0.2) is 37.2 Å². The molecular formula is C52H84O6. The molecule has 0 fully saturated rings. The molecule has 0 saturated heterocycles. The van der Waals surface area contributed by atoms with Gasteiger partial charge >= 0.3 is 17.9 Å². The van der Waals surface area contributed by atoms with Crippen molar-refractivity contribution in [3.8, 4) is 0 Å². The van der Waals surface area contributed by atoms with E-state index in [9.17, 15) is 14.4 Å². The molecule has 58 heavy (non-hydrogen) atoms. The van der Waals surface area contributed by atoms with Gasteiger partial charge in [-0.25, -0.2) is 0 Å². The maximum Gasteiger partial charge on any atom is 0.306 e. The van der Waals surface area contributed by atoms with E-state index in [-0.39, 0.29) is 31.1 Å². The van der Waals surface area contributed by atoms with Crippen LogP contribution in [0, 0.1) is 0 Å². The van der Waals surface area contributed by atoms with Gasteiger partial charge in [0.05, 0.1) is 0 Å². The van der Waals surface area contributed by atoms with Crippen LogP contribution in [0.25, 0.3) is 0 Å². The maximum absolute atomic E-state index is 12.7. The van der Waals surface area contributed by atoms with Gasteiger partial charge in [-0.05, 0) is 83.5 Å². The largest absolute Gasteiger partial charge is 0.462 e. The molecule has 0 aliphatic rings. The fraction of sp³-hybridized carbons (Fsp3) is 0.635. The molecular weight excluding hydrogens is 721 g/mol. The van der Waals surface area contributed by atoms with Crippen molar-refractivity contribution >= 4 is 17.9 Å². The SMILES string of the molecule is CC\C=C/C=C\C=C/C=C\C=C\C=C/CCCCCC(=O)OCC(COC(=O)CCCCCCC/C=C\CCCC)OC(=O)CCCCCCC/C=C\CCCCC. The van der Waals surface area contributed by atoms with Gasteiger partial charge in [-0.15, -0.1) is 0 Å². The first-order valence-corrected chi connectivity index (χ1v) is 23.3. The maximum atomic E-state index is 12.7. The summed E-state index contributed by atoms with van der Waals surface area (Å²) in [5.74, 6) is -0.974. The summed E-state index contributed by atoms with van der Waals surface area (Å²) in [6, 6.07) is 0. The highest BCUT2D eigenvalue weighted by atomic mass is 16.6. The number of hydrogen-bond donors (Lipinski definition) is 0. The molecule has 0 aromatic carbocycles. The fourth-order valence-electron chi connectivity index (χ4n) is 5.92. The number of unbranched alkanes of at least 4 members (excludes halogenated alkanes) is 18. The summed E-state index contributed by atoms with van der Waals surface area (Å²) in [6.07, 6.45) is 59.5. The van der Waals surface area contributed by atoms with Crippen LogP contribution in [-0.2, 0) is 28.6 Å². The Balaban J connectivity index is 4.51. The van der Waals surface area contributed by atoms with Gasteiger partial charge < -0.3 is 14.2 Å². The third-order valence-corrected chi connectivity index (χ3v) is 9.45. The Morgan fingerprint density at radius 2 is 0.707 bits per heavy atom. The van der Waals surface area contributed by atoms with E-state index in [0.29, 0.717) is 19.3 Å². The average molecular weight is 805 g/mol. The van der Waals surface area contributed by atoms with Gasteiger partial charge in [0.2, 0.25) is 0 Å². The lowest BCUT2D eigenvalue weighted by molar-refractivity contribution is -0.167. The quantitative estimate of drug-likeness (QED) is 0.0202. The van der Waals surface area contributed by atoms with Gasteiger partial charge in [-0.3, -0.25) is 14.4 Å². The number of allylic oxidation sites excluding steroid dienone is 16. The molecule has 328 valence electrons. The van der Waals surface area contributed by atoms with Crippen molar-refractivity contribution < 1.29 is 28.6 Å². The molecule has 6 heteroatoms. The Morgan fingerprint density at radius 3 is 1.17 bits per heavy atom. The zero-order chi connectivity index (χ0) is 42.3. The van der Waals surface area contributed by atoms with Crippen LogP contribution in [0.3, 0.4) is 0 Å². The van der Waals surface area contributed by atoms with E-state index in [0.717, 1.165) is 96.3 Å². The van der Waals surface area contributed by atoms with E-state index in [2.05, 4.69) is 57.2 Å². The second-order valence-corrected chi connectivity index (χ2v) is 15.1. The van der Waals surface area contributed by atoms with E-state index in [1.165, 1.54) is 57.8 Å². The smallest absolute Gasteiger partial charge is 0.306 e. The minimum atomic E-state index is -0.802. The molecule has 6 nitrogen and oxygen atoms in total. The first-order valence-electron chi connectivity index (χ1n) is 23.3. The predicted octanol–water partition coefficient (Wildman–Crippen LogP) is 15.0. The minimum absolute atomic E-state index is 0.101. The minimum Gasteiger partial charge on any atom is -0.462 e. The van der Waals surface area contributed by atoms with E-state index in [1.54, 1.807) is 0 Å². The van der Waals surface area contributed by atoms with Crippen LogP contribution < -0.4 is 0 Å². The lowest BCUT2D eigenvalue weighted by Crippen LogP contribution is -2.30.